The summed E-state index contributed by atoms with van der Waals surface area (Å²) in [5.74, 6) is 0. The maximum atomic E-state index is 3.37. The number of anilines is 1. The van der Waals surface area contributed by atoms with Crippen LogP contribution in [0.1, 0.15) is 11.1 Å². The zero-order valence-electron chi connectivity index (χ0n) is 13.4. The second-order valence-corrected chi connectivity index (χ2v) is 5.71. The Hall–Kier alpha value is -2.54. The number of nitrogens with zero attached hydrogens (tertiary/aromatic N) is 1. The normalized spacial score (nSPS) is 10.4. The highest BCUT2D eigenvalue weighted by Crippen LogP contribution is 2.15. The van der Waals surface area contributed by atoms with Gasteiger partial charge in [0.05, 0.1) is 0 Å². The molecule has 115 valence electrons. The van der Waals surface area contributed by atoms with Crippen LogP contribution in [0.15, 0.2) is 84.9 Å². The van der Waals surface area contributed by atoms with Crippen LogP contribution in [0.2, 0.25) is 0 Å². The first-order chi connectivity index (χ1) is 11.4. The molecule has 0 aliphatic rings. The first-order valence-corrected chi connectivity index (χ1v) is 8.21. The van der Waals surface area contributed by atoms with Crippen LogP contribution in [0.25, 0.3) is 0 Å². The van der Waals surface area contributed by atoms with E-state index in [0.29, 0.717) is 0 Å². The van der Waals surface area contributed by atoms with Crippen molar-refractivity contribution < 1.29 is 0 Å². The topological polar surface area (TPSA) is 3.24 Å². The predicted molar refractivity (Wildman–Crippen MR) is 97.8 cm³/mol. The first-order valence-electron chi connectivity index (χ1n) is 8.21. The maximum Gasteiger partial charge on any atom is 0.0446 e. The third-order valence-electron chi connectivity index (χ3n) is 4.06. The standard InChI is InChI=1S/C22H22N/c1-4-10-20(11-5-1)16-18-23(22-14-8-3-9-15-22)19-17-21-12-6-2-7-13-21/h1-14H,16-19H2. The van der Waals surface area contributed by atoms with Crippen molar-refractivity contribution in [3.63, 3.8) is 0 Å². The Morgan fingerprint density at radius 2 is 1.13 bits per heavy atom. The minimum absolute atomic E-state index is 1.01. The summed E-state index contributed by atoms with van der Waals surface area (Å²) >= 11 is 0. The fraction of sp³-hybridized carbons (Fsp3) is 0.182. The van der Waals surface area contributed by atoms with E-state index in [1.807, 2.05) is 12.1 Å². The Kier molecular flexibility index (Phi) is 5.47. The third kappa shape index (κ3) is 4.72. The molecule has 1 nitrogen and oxygen atoms in total. The highest BCUT2D eigenvalue weighted by atomic mass is 15.1. The summed E-state index contributed by atoms with van der Waals surface area (Å²) in [6.07, 6.45) is 2.11. The molecule has 0 atom stereocenters. The van der Waals surface area contributed by atoms with Gasteiger partial charge in [-0.15, -0.1) is 0 Å². The summed E-state index contributed by atoms with van der Waals surface area (Å²) in [6, 6.07) is 33.0. The van der Waals surface area contributed by atoms with Crippen LogP contribution in [-0.4, -0.2) is 13.1 Å². The lowest BCUT2D eigenvalue weighted by Crippen LogP contribution is -2.28. The van der Waals surface area contributed by atoms with Crippen molar-refractivity contribution in [1.82, 2.24) is 0 Å². The molecule has 3 aromatic rings. The Morgan fingerprint density at radius 3 is 1.61 bits per heavy atom. The molecule has 23 heavy (non-hydrogen) atoms. The van der Waals surface area contributed by atoms with Crippen LogP contribution in [0, 0.1) is 6.07 Å². The third-order valence-corrected chi connectivity index (χ3v) is 4.06. The quantitative estimate of drug-likeness (QED) is 0.607. The van der Waals surface area contributed by atoms with Crippen molar-refractivity contribution in [2.75, 3.05) is 18.0 Å². The van der Waals surface area contributed by atoms with Gasteiger partial charge in [-0.1, -0.05) is 78.9 Å². The lowest BCUT2D eigenvalue weighted by Gasteiger charge is -2.25. The van der Waals surface area contributed by atoms with Crippen molar-refractivity contribution in [2.45, 2.75) is 12.8 Å². The SMILES string of the molecule is [c]1ccccc1N(CCc1ccccc1)CCc1ccccc1. The summed E-state index contributed by atoms with van der Waals surface area (Å²) in [4.78, 5) is 2.43. The van der Waals surface area contributed by atoms with Crippen molar-refractivity contribution in [1.29, 1.82) is 0 Å². The summed E-state index contributed by atoms with van der Waals surface area (Å²) in [5.41, 5.74) is 3.95. The summed E-state index contributed by atoms with van der Waals surface area (Å²) in [7, 11) is 0. The van der Waals surface area contributed by atoms with Crippen LogP contribution >= 0.6 is 0 Å². The maximum absolute atomic E-state index is 3.37. The largest absolute Gasteiger partial charge is 0.370 e. The fourth-order valence-electron chi connectivity index (χ4n) is 2.75. The smallest absolute Gasteiger partial charge is 0.0446 e. The monoisotopic (exact) mass is 300 g/mol. The van der Waals surface area contributed by atoms with E-state index in [9.17, 15) is 0 Å². The summed E-state index contributed by atoms with van der Waals surface area (Å²) < 4.78 is 0. The molecular formula is C22H22N. The molecule has 0 unspecified atom stereocenters. The van der Waals surface area contributed by atoms with Crippen molar-refractivity contribution >= 4 is 5.69 Å². The van der Waals surface area contributed by atoms with Gasteiger partial charge in [-0.05, 0) is 30.0 Å². The minimum Gasteiger partial charge on any atom is -0.370 e. The number of rotatable bonds is 7. The van der Waals surface area contributed by atoms with Gasteiger partial charge in [0, 0.05) is 24.8 Å². The van der Waals surface area contributed by atoms with Gasteiger partial charge < -0.3 is 4.90 Å². The Morgan fingerprint density at radius 1 is 0.609 bits per heavy atom. The average Bonchev–Trinajstić information content (AvgIpc) is 2.64. The molecule has 0 saturated heterocycles. The van der Waals surface area contributed by atoms with Gasteiger partial charge in [0.15, 0.2) is 0 Å². The number of hydrogen-bond acceptors (Lipinski definition) is 1. The van der Waals surface area contributed by atoms with Crippen LogP contribution < -0.4 is 4.90 Å². The molecule has 0 aromatic heterocycles. The molecule has 0 saturated carbocycles. The second-order valence-electron chi connectivity index (χ2n) is 5.71. The summed E-state index contributed by atoms with van der Waals surface area (Å²) in [6.45, 7) is 2.02. The van der Waals surface area contributed by atoms with Gasteiger partial charge in [0.1, 0.15) is 0 Å². The molecule has 1 heteroatoms. The van der Waals surface area contributed by atoms with Crippen LogP contribution in [0.4, 0.5) is 5.69 Å². The lowest BCUT2D eigenvalue weighted by atomic mass is 10.1. The number of hydrogen-bond donors (Lipinski definition) is 0. The number of benzene rings is 3. The van der Waals surface area contributed by atoms with E-state index in [-0.39, 0.29) is 0 Å². The predicted octanol–water partition coefficient (Wildman–Crippen LogP) is 4.78. The van der Waals surface area contributed by atoms with Gasteiger partial charge in [0.2, 0.25) is 0 Å². The molecule has 0 bridgehead atoms. The molecule has 0 heterocycles. The number of para-hydroxylation sites is 1. The zero-order chi connectivity index (χ0) is 15.7. The van der Waals surface area contributed by atoms with E-state index in [0.717, 1.165) is 25.9 Å². The van der Waals surface area contributed by atoms with E-state index in [4.69, 9.17) is 0 Å². The van der Waals surface area contributed by atoms with Crippen molar-refractivity contribution in [3.8, 4) is 0 Å². The zero-order valence-corrected chi connectivity index (χ0v) is 13.4. The van der Waals surface area contributed by atoms with Crippen LogP contribution in [0.3, 0.4) is 0 Å². The highest BCUT2D eigenvalue weighted by Gasteiger charge is 2.07. The molecule has 0 N–H and O–H groups in total. The average molecular weight is 300 g/mol. The molecule has 0 aliphatic heterocycles. The lowest BCUT2D eigenvalue weighted by molar-refractivity contribution is 0.768. The van der Waals surface area contributed by atoms with Gasteiger partial charge in [0.25, 0.3) is 0 Å². The highest BCUT2D eigenvalue weighted by molar-refractivity contribution is 5.45. The Labute approximate surface area is 139 Å². The molecule has 0 spiro atoms. The second kappa shape index (κ2) is 8.19. The Balaban J connectivity index is 1.66. The molecule has 0 fully saturated rings. The Bertz CT molecular complexity index is 633. The van der Waals surface area contributed by atoms with E-state index < -0.39 is 0 Å². The first kappa shape index (κ1) is 15.4. The molecule has 0 aliphatic carbocycles. The van der Waals surface area contributed by atoms with Gasteiger partial charge in [-0.25, -0.2) is 0 Å². The molecule has 1 radical (unpaired) electrons. The van der Waals surface area contributed by atoms with Gasteiger partial charge in [-0.3, -0.25) is 0 Å². The molecular weight excluding hydrogens is 278 g/mol. The van der Waals surface area contributed by atoms with Gasteiger partial charge in [-0.2, -0.15) is 0 Å². The minimum atomic E-state index is 1.01. The molecule has 0 amide bonds. The molecule has 3 aromatic carbocycles. The van der Waals surface area contributed by atoms with Crippen molar-refractivity contribution in [3.05, 3.63) is 102 Å². The van der Waals surface area contributed by atoms with E-state index >= 15 is 0 Å². The summed E-state index contributed by atoms with van der Waals surface area (Å²) in [5, 5.41) is 0. The van der Waals surface area contributed by atoms with Crippen LogP contribution in [0.5, 0.6) is 0 Å². The van der Waals surface area contributed by atoms with E-state index in [2.05, 4.69) is 83.8 Å². The van der Waals surface area contributed by atoms with Crippen molar-refractivity contribution in [2.24, 2.45) is 0 Å². The van der Waals surface area contributed by atoms with Gasteiger partial charge >= 0.3 is 0 Å². The molecule has 3 rings (SSSR count). The fourth-order valence-corrected chi connectivity index (χ4v) is 2.75. The van der Waals surface area contributed by atoms with E-state index in [1.165, 1.54) is 16.8 Å². The van der Waals surface area contributed by atoms with Crippen LogP contribution in [-0.2, 0) is 12.8 Å². The van der Waals surface area contributed by atoms with E-state index in [1.54, 1.807) is 0 Å².